The number of nitrogens with zero attached hydrogens (tertiary/aromatic N) is 2. The molecule has 1 aromatic carbocycles. The highest BCUT2D eigenvalue weighted by Crippen LogP contribution is 2.15. The molecule has 0 radical (unpaired) electrons. The van der Waals surface area contributed by atoms with Crippen molar-refractivity contribution in [3.05, 3.63) is 29.2 Å². The third-order valence-electron chi connectivity index (χ3n) is 1.49. The summed E-state index contributed by atoms with van der Waals surface area (Å²) in [6, 6.07) is 4.69. The maximum absolute atomic E-state index is 10.6. The summed E-state index contributed by atoms with van der Waals surface area (Å²) in [5.41, 5.74) is 0.215. The molecule has 0 fully saturated rings. The van der Waals surface area contributed by atoms with Crippen molar-refractivity contribution >= 4 is 15.8 Å². The number of nitroso groups, excluding NO2 is 1. The fourth-order valence-corrected chi connectivity index (χ4v) is 1.30. The van der Waals surface area contributed by atoms with Crippen LogP contribution in [0.15, 0.2) is 34.4 Å². The van der Waals surface area contributed by atoms with E-state index >= 15 is 0 Å². The number of hydrazine groups is 1. The van der Waals surface area contributed by atoms with E-state index in [1.165, 1.54) is 12.1 Å². The van der Waals surface area contributed by atoms with Crippen LogP contribution < -0.4 is 11.0 Å². The molecule has 0 amide bonds. The van der Waals surface area contributed by atoms with E-state index in [4.69, 9.17) is 10.4 Å². The lowest BCUT2D eigenvalue weighted by Crippen LogP contribution is -2.23. The summed E-state index contributed by atoms with van der Waals surface area (Å²) in [6.45, 7) is 0. The van der Waals surface area contributed by atoms with Gasteiger partial charge in [-0.3, -0.25) is 4.55 Å². The van der Waals surface area contributed by atoms with E-state index in [-0.39, 0.29) is 10.6 Å². The van der Waals surface area contributed by atoms with Gasteiger partial charge in [0.15, 0.2) is 0 Å². The molecule has 0 heterocycles. The van der Waals surface area contributed by atoms with Gasteiger partial charge >= 0.3 is 0 Å². The third kappa shape index (κ3) is 2.25. The molecule has 0 spiro atoms. The van der Waals surface area contributed by atoms with Crippen molar-refractivity contribution in [1.29, 1.82) is 0 Å². The highest BCUT2D eigenvalue weighted by Gasteiger charge is 2.09. The molecular formula is C6H7N3O4S. The van der Waals surface area contributed by atoms with Gasteiger partial charge in [0, 0.05) is 0 Å². The summed E-state index contributed by atoms with van der Waals surface area (Å²) < 4.78 is 29.8. The Labute approximate surface area is 79.8 Å². The molecule has 0 atom stereocenters. The Hall–Kier alpha value is -1.51. The van der Waals surface area contributed by atoms with Gasteiger partial charge in [-0.25, -0.2) is 5.84 Å². The van der Waals surface area contributed by atoms with Gasteiger partial charge in [-0.05, 0) is 24.3 Å². The van der Waals surface area contributed by atoms with Crippen LogP contribution in [0.4, 0.5) is 5.69 Å². The quantitative estimate of drug-likeness (QED) is 0.325. The monoisotopic (exact) mass is 217 g/mol. The Kier molecular flexibility index (Phi) is 2.79. The predicted octanol–water partition coefficient (Wildman–Crippen LogP) is 0.295. The molecule has 0 bridgehead atoms. The lowest BCUT2D eigenvalue weighted by molar-refractivity contribution is 0.483. The summed E-state index contributed by atoms with van der Waals surface area (Å²) in [6.07, 6.45) is 0. The zero-order valence-electron chi connectivity index (χ0n) is 6.86. The summed E-state index contributed by atoms with van der Waals surface area (Å²) in [4.78, 5) is 9.69. The van der Waals surface area contributed by atoms with E-state index in [0.29, 0.717) is 5.12 Å². The first-order chi connectivity index (χ1) is 6.45. The van der Waals surface area contributed by atoms with Crippen LogP contribution in [0.5, 0.6) is 0 Å². The molecule has 8 heteroatoms. The molecule has 1 rings (SSSR count). The van der Waals surface area contributed by atoms with Crippen LogP contribution in [0.2, 0.25) is 0 Å². The lowest BCUT2D eigenvalue weighted by atomic mass is 10.3. The number of rotatable bonds is 3. The zero-order chi connectivity index (χ0) is 10.8. The Balaban J connectivity index is 3.07. The number of benzene rings is 1. The summed E-state index contributed by atoms with van der Waals surface area (Å²) in [5, 5.41) is 2.94. The minimum atomic E-state index is -4.22. The minimum absolute atomic E-state index is 0.215. The third-order valence-corrected chi connectivity index (χ3v) is 2.35. The topological polar surface area (TPSA) is 113 Å². The summed E-state index contributed by atoms with van der Waals surface area (Å²) in [5.74, 6) is 5.10. The summed E-state index contributed by atoms with van der Waals surface area (Å²) in [7, 11) is -4.22. The van der Waals surface area contributed by atoms with Crippen LogP contribution in [0.3, 0.4) is 0 Å². The van der Waals surface area contributed by atoms with Gasteiger partial charge < -0.3 is 0 Å². The molecule has 7 nitrogen and oxygen atoms in total. The lowest BCUT2D eigenvalue weighted by Gasteiger charge is -2.07. The van der Waals surface area contributed by atoms with Crippen LogP contribution in [0.25, 0.3) is 0 Å². The first-order valence-electron chi connectivity index (χ1n) is 3.41. The highest BCUT2D eigenvalue weighted by atomic mass is 32.2. The van der Waals surface area contributed by atoms with Gasteiger partial charge in [0.2, 0.25) is 0 Å². The number of hydrogen-bond acceptors (Lipinski definition) is 5. The normalized spacial score (nSPS) is 11.0. The smallest absolute Gasteiger partial charge is 0.282 e. The molecule has 0 unspecified atom stereocenters. The van der Waals surface area contributed by atoms with Gasteiger partial charge in [-0.2, -0.15) is 13.5 Å². The van der Waals surface area contributed by atoms with Crippen molar-refractivity contribution in [2.45, 2.75) is 4.90 Å². The van der Waals surface area contributed by atoms with E-state index in [1.807, 2.05) is 0 Å². The van der Waals surface area contributed by atoms with Gasteiger partial charge in [-0.1, -0.05) is 0 Å². The fraction of sp³-hybridized carbons (Fsp3) is 0. The number of nitrogens with two attached hydrogens (primary N) is 1. The maximum Gasteiger partial charge on any atom is 0.294 e. The SMILES string of the molecule is NN(N=O)c1ccc(S(=O)(=O)O)cc1. The fourth-order valence-electron chi connectivity index (χ4n) is 0.818. The predicted molar refractivity (Wildman–Crippen MR) is 48.7 cm³/mol. The molecule has 0 saturated heterocycles. The zero-order valence-corrected chi connectivity index (χ0v) is 7.68. The molecule has 76 valence electrons. The highest BCUT2D eigenvalue weighted by molar-refractivity contribution is 7.85. The molecule has 3 N–H and O–H groups in total. The van der Waals surface area contributed by atoms with Gasteiger partial charge in [-0.15, -0.1) is 4.91 Å². The van der Waals surface area contributed by atoms with Crippen LogP contribution in [-0.2, 0) is 10.1 Å². The van der Waals surface area contributed by atoms with Crippen molar-refractivity contribution in [2.24, 2.45) is 11.1 Å². The van der Waals surface area contributed by atoms with Gasteiger partial charge in [0.05, 0.1) is 15.9 Å². The van der Waals surface area contributed by atoms with E-state index in [2.05, 4.69) is 5.29 Å². The Bertz CT molecular complexity index is 427. The second kappa shape index (κ2) is 3.70. The van der Waals surface area contributed by atoms with Crippen molar-refractivity contribution < 1.29 is 13.0 Å². The van der Waals surface area contributed by atoms with Crippen molar-refractivity contribution in [1.82, 2.24) is 0 Å². The minimum Gasteiger partial charge on any atom is -0.282 e. The molecule has 0 saturated carbocycles. The van der Waals surface area contributed by atoms with Gasteiger partial charge in [0.25, 0.3) is 10.1 Å². The largest absolute Gasteiger partial charge is 0.294 e. The van der Waals surface area contributed by atoms with Crippen LogP contribution in [0.1, 0.15) is 0 Å². The average Bonchev–Trinajstić information content (AvgIpc) is 2.15. The molecule has 0 aliphatic rings. The first kappa shape index (κ1) is 10.6. The van der Waals surface area contributed by atoms with Crippen LogP contribution in [-0.4, -0.2) is 13.0 Å². The Morgan fingerprint density at radius 3 is 2.14 bits per heavy atom. The molecule has 0 aliphatic heterocycles. The second-order valence-corrected chi connectivity index (χ2v) is 3.82. The number of hydrogen-bond donors (Lipinski definition) is 2. The van der Waals surface area contributed by atoms with Crippen LogP contribution >= 0.6 is 0 Å². The molecule has 0 aromatic heterocycles. The standard InChI is InChI=1S/C6H7N3O4S/c7-9(8-10)5-1-3-6(4-2-5)14(11,12)13/h1-4H,7H2,(H,11,12,13). The van der Waals surface area contributed by atoms with Crippen molar-refractivity contribution in [3.63, 3.8) is 0 Å². The first-order valence-corrected chi connectivity index (χ1v) is 4.85. The van der Waals surface area contributed by atoms with E-state index in [9.17, 15) is 13.3 Å². The Morgan fingerprint density at radius 2 is 1.79 bits per heavy atom. The molecular weight excluding hydrogens is 210 g/mol. The molecule has 14 heavy (non-hydrogen) atoms. The van der Waals surface area contributed by atoms with E-state index in [1.54, 1.807) is 0 Å². The van der Waals surface area contributed by atoms with E-state index < -0.39 is 10.1 Å². The van der Waals surface area contributed by atoms with Crippen molar-refractivity contribution in [3.8, 4) is 0 Å². The maximum atomic E-state index is 10.6. The van der Waals surface area contributed by atoms with Crippen molar-refractivity contribution in [2.75, 3.05) is 5.12 Å². The summed E-state index contributed by atoms with van der Waals surface area (Å²) >= 11 is 0. The van der Waals surface area contributed by atoms with Gasteiger partial charge in [0.1, 0.15) is 0 Å². The average molecular weight is 217 g/mol. The second-order valence-electron chi connectivity index (χ2n) is 2.40. The Morgan fingerprint density at radius 1 is 1.29 bits per heavy atom. The molecule has 0 aliphatic carbocycles. The van der Waals surface area contributed by atoms with E-state index in [0.717, 1.165) is 12.1 Å². The number of anilines is 1. The molecule has 1 aromatic rings. The van der Waals surface area contributed by atoms with Crippen LogP contribution in [0, 0.1) is 4.91 Å².